The summed E-state index contributed by atoms with van der Waals surface area (Å²) in [5, 5.41) is 0. The van der Waals surface area contributed by atoms with Gasteiger partial charge < -0.3 is 4.98 Å². The van der Waals surface area contributed by atoms with E-state index >= 15 is 0 Å². The third-order valence-electron chi connectivity index (χ3n) is 2.28. The van der Waals surface area contributed by atoms with E-state index in [1.54, 1.807) is 0 Å². The van der Waals surface area contributed by atoms with Crippen molar-refractivity contribution in [3.05, 3.63) is 17.7 Å². The fraction of sp³-hybridized carbons (Fsp3) is 0.625. The molecule has 2 rings (SSSR count). The first-order valence-electron chi connectivity index (χ1n) is 3.90. The summed E-state index contributed by atoms with van der Waals surface area (Å²) in [6.45, 7) is 2.25. The number of rotatable bonds is 0. The summed E-state index contributed by atoms with van der Waals surface area (Å²) in [6.07, 6.45) is 5.63. The molecule has 0 saturated heterocycles. The van der Waals surface area contributed by atoms with E-state index in [-0.39, 0.29) is 0 Å². The second kappa shape index (κ2) is 2.11. The summed E-state index contributed by atoms with van der Waals surface area (Å²) >= 11 is 0. The zero-order valence-electron chi connectivity index (χ0n) is 6.22. The maximum absolute atomic E-state index is 4.28. The lowest BCUT2D eigenvalue weighted by Crippen LogP contribution is -2.05. The molecule has 1 aromatic heterocycles. The minimum Gasteiger partial charge on any atom is -0.348 e. The van der Waals surface area contributed by atoms with Crippen molar-refractivity contribution in [2.45, 2.75) is 32.1 Å². The summed E-state index contributed by atoms with van der Waals surface area (Å²) in [5.41, 5.74) is 2.66. The van der Waals surface area contributed by atoms with Gasteiger partial charge in [-0.15, -0.1) is 0 Å². The SMILES string of the molecule is CC1CCCc2[nH]cnc21. The predicted molar refractivity (Wildman–Crippen MR) is 39.9 cm³/mol. The van der Waals surface area contributed by atoms with Crippen LogP contribution in [0.3, 0.4) is 0 Å². The lowest BCUT2D eigenvalue weighted by molar-refractivity contribution is 0.574. The van der Waals surface area contributed by atoms with Gasteiger partial charge in [0, 0.05) is 11.6 Å². The van der Waals surface area contributed by atoms with Gasteiger partial charge >= 0.3 is 0 Å². The Bertz CT molecular complexity index is 227. The van der Waals surface area contributed by atoms with Gasteiger partial charge in [-0.3, -0.25) is 0 Å². The monoisotopic (exact) mass is 136 g/mol. The lowest BCUT2D eigenvalue weighted by atomic mass is 9.92. The number of hydrogen-bond acceptors (Lipinski definition) is 1. The van der Waals surface area contributed by atoms with E-state index in [1.165, 1.54) is 30.7 Å². The van der Waals surface area contributed by atoms with Crippen molar-refractivity contribution in [3.8, 4) is 0 Å². The molecule has 2 heteroatoms. The molecule has 0 aliphatic heterocycles. The number of aromatic amines is 1. The number of nitrogens with zero attached hydrogens (tertiary/aromatic N) is 1. The fourth-order valence-corrected chi connectivity index (χ4v) is 1.68. The molecule has 2 nitrogen and oxygen atoms in total. The van der Waals surface area contributed by atoms with Gasteiger partial charge in [-0.25, -0.2) is 4.98 Å². The Morgan fingerprint density at radius 2 is 2.60 bits per heavy atom. The standard InChI is InChI=1S/C8H12N2/c1-6-3-2-4-7-8(6)10-5-9-7/h5-6H,2-4H2,1H3,(H,9,10). The Hall–Kier alpha value is -0.790. The highest BCUT2D eigenvalue weighted by Gasteiger charge is 2.17. The predicted octanol–water partition coefficient (Wildman–Crippen LogP) is 1.85. The Morgan fingerprint density at radius 1 is 1.70 bits per heavy atom. The first kappa shape index (κ1) is 5.96. The smallest absolute Gasteiger partial charge is 0.0925 e. The molecule has 0 aromatic carbocycles. The van der Waals surface area contributed by atoms with Crippen LogP contribution < -0.4 is 0 Å². The molecule has 1 unspecified atom stereocenters. The molecule has 1 aromatic rings. The van der Waals surface area contributed by atoms with Crippen LogP contribution in [0.5, 0.6) is 0 Å². The molecule has 54 valence electrons. The molecule has 0 bridgehead atoms. The Labute approximate surface area is 60.7 Å². The Morgan fingerprint density at radius 3 is 3.40 bits per heavy atom. The maximum atomic E-state index is 4.28. The summed E-state index contributed by atoms with van der Waals surface area (Å²) in [5.74, 6) is 0.676. The number of aromatic nitrogens is 2. The van der Waals surface area contributed by atoms with Crippen LogP contribution in [0.15, 0.2) is 6.33 Å². The zero-order valence-corrected chi connectivity index (χ0v) is 6.22. The van der Waals surface area contributed by atoms with Crippen molar-refractivity contribution >= 4 is 0 Å². The molecule has 10 heavy (non-hydrogen) atoms. The number of H-pyrrole nitrogens is 1. The molecule has 0 amide bonds. The molecule has 1 heterocycles. The second-order valence-electron chi connectivity index (χ2n) is 3.06. The van der Waals surface area contributed by atoms with Crippen LogP contribution in [0.2, 0.25) is 0 Å². The van der Waals surface area contributed by atoms with Crippen LogP contribution in [-0.2, 0) is 6.42 Å². The van der Waals surface area contributed by atoms with Gasteiger partial charge in [0.05, 0.1) is 12.0 Å². The van der Waals surface area contributed by atoms with E-state index in [0.717, 1.165) is 0 Å². The number of imidazole rings is 1. The third-order valence-corrected chi connectivity index (χ3v) is 2.28. The molecule has 0 saturated carbocycles. The van der Waals surface area contributed by atoms with Crippen molar-refractivity contribution in [1.82, 2.24) is 9.97 Å². The van der Waals surface area contributed by atoms with Crippen LogP contribution in [0.25, 0.3) is 0 Å². The van der Waals surface area contributed by atoms with Crippen LogP contribution >= 0.6 is 0 Å². The molecule has 0 radical (unpaired) electrons. The van der Waals surface area contributed by atoms with E-state index < -0.39 is 0 Å². The van der Waals surface area contributed by atoms with Crippen LogP contribution in [-0.4, -0.2) is 9.97 Å². The van der Waals surface area contributed by atoms with E-state index in [2.05, 4.69) is 16.9 Å². The van der Waals surface area contributed by atoms with E-state index in [9.17, 15) is 0 Å². The van der Waals surface area contributed by atoms with Crippen molar-refractivity contribution < 1.29 is 0 Å². The highest BCUT2D eigenvalue weighted by atomic mass is 14.9. The molecular formula is C8H12N2. The van der Waals surface area contributed by atoms with E-state index in [4.69, 9.17) is 0 Å². The minimum atomic E-state index is 0.676. The third kappa shape index (κ3) is 0.753. The van der Waals surface area contributed by atoms with Crippen molar-refractivity contribution in [2.24, 2.45) is 0 Å². The van der Waals surface area contributed by atoms with Gasteiger partial charge in [-0.1, -0.05) is 6.92 Å². The van der Waals surface area contributed by atoms with Crippen molar-refractivity contribution in [1.29, 1.82) is 0 Å². The molecular weight excluding hydrogens is 124 g/mol. The lowest BCUT2D eigenvalue weighted by Gasteiger charge is -2.15. The van der Waals surface area contributed by atoms with Crippen molar-refractivity contribution in [2.75, 3.05) is 0 Å². The molecule has 1 aliphatic carbocycles. The topological polar surface area (TPSA) is 28.7 Å². The van der Waals surface area contributed by atoms with Crippen LogP contribution in [0, 0.1) is 0 Å². The van der Waals surface area contributed by atoms with Crippen LogP contribution in [0.4, 0.5) is 0 Å². The van der Waals surface area contributed by atoms with Crippen molar-refractivity contribution in [3.63, 3.8) is 0 Å². The van der Waals surface area contributed by atoms with Gasteiger partial charge in [-0.05, 0) is 19.3 Å². The Kier molecular flexibility index (Phi) is 1.26. The summed E-state index contributed by atoms with van der Waals surface area (Å²) in [4.78, 5) is 7.46. The van der Waals surface area contributed by atoms with Gasteiger partial charge in [0.25, 0.3) is 0 Å². The number of hydrogen-bond donors (Lipinski definition) is 1. The molecule has 1 N–H and O–H groups in total. The van der Waals surface area contributed by atoms with E-state index in [0.29, 0.717) is 5.92 Å². The molecule has 1 aliphatic rings. The van der Waals surface area contributed by atoms with E-state index in [1.807, 2.05) is 6.33 Å². The highest BCUT2D eigenvalue weighted by Crippen LogP contribution is 2.27. The average molecular weight is 136 g/mol. The normalized spacial score (nSPS) is 24.3. The first-order valence-corrected chi connectivity index (χ1v) is 3.90. The summed E-state index contributed by atoms with van der Waals surface area (Å²) in [7, 11) is 0. The van der Waals surface area contributed by atoms with Gasteiger partial charge in [0.1, 0.15) is 0 Å². The largest absolute Gasteiger partial charge is 0.348 e. The first-order chi connectivity index (χ1) is 4.88. The quantitative estimate of drug-likeness (QED) is 0.579. The zero-order chi connectivity index (χ0) is 6.97. The number of aryl methyl sites for hydroxylation is 1. The fourth-order valence-electron chi connectivity index (χ4n) is 1.68. The number of nitrogens with one attached hydrogen (secondary N) is 1. The summed E-state index contributed by atoms with van der Waals surface area (Å²) < 4.78 is 0. The second-order valence-corrected chi connectivity index (χ2v) is 3.06. The molecule has 1 atom stereocenters. The maximum Gasteiger partial charge on any atom is 0.0925 e. The highest BCUT2D eigenvalue weighted by molar-refractivity contribution is 5.18. The average Bonchev–Trinajstić information content (AvgIpc) is 2.36. The molecule has 0 fully saturated rings. The van der Waals surface area contributed by atoms with Crippen LogP contribution in [0.1, 0.15) is 37.1 Å². The molecule has 0 spiro atoms. The van der Waals surface area contributed by atoms with Gasteiger partial charge in [0.2, 0.25) is 0 Å². The number of fused-ring (bicyclic) bond motifs is 1. The van der Waals surface area contributed by atoms with Gasteiger partial charge in [0.15, 0.2) is 0 Å². The van der Waals surface area contributed by atoms with Gasteiger partial charge in [-0.2, -0.15) is 0 Å². The Balaban J connectivity index is 2.41. The minimum absolute atomic E-state index is 0.676. The summed E-state index contributed by atoms with van der Waals surface area (Å²) in [6, 6.07) is 0.